The molecule has 1 atom stereocenters. The van der Waals surface area contributed by atoms with Crippen molar-refractivity contribution in [1.29, 1.82) is 0 Å². The minimum absolute atomic E-state index is 0.306. The number of likely N-dealkylation sites (tertiary alicyclic amines) is 1. The van der Waals surface area contributed by atoms with Crippen LogP contribution in [0.5, 0.6) is 0 Å². The lowest BCUT2D eigenvalue weighted by Gasteiger charge is -2.30. The minimum atomic E-state index is -0.306. The van der Waals surface area contributed by atoms with Crippen molar-refractivity contribution in [2.45, 2.75) is 56.6 Å². The molecule has 0 amide bonds. The second-order valence-corrected chi connectivity index (χ2v) is 5.54. The fraction of sp³-hybridized carbons (Fsp3) is 1.00. The standard InChI is InChI=1S/C12H21NO/c14-12(10-3-1-2-4-10)7-8-13(9-12)11-5-6-11/h10-11,14H,1-9H2. The number of aliphatic hydroxyl groups is 1. The smallest absolute Gasteiger partial charge is 0.0814 e. The number of hydrogen-bond donors (Lipinski definition) is 1. The molecule has 1 unspecified atom stereocenters. The molecular formula is C12H21NO. The SMILES string of the molecule is OC1(C2CCCC2)CCN(C2CC2)C1. The first-order valence-electron chi connectivity index (χ1n) is 6.24. The van der Waals surface area contributed by atoms with Crippen LogP contribution in [0, 0.1) is 5.92 Å². The predicted molar refractivity (Wildman–Crippen MR) is 56.1 cm³/mol. The summed E-state index contributed by atoms with van der Waals surface area (Å²) < 4.78 is 0. The highest BCUT2D eigenvalue weighted by Gasteiger charge is 2.46. The van der Waals surface area contributed by atoms with Gasteiger partial charge in [0.1, 0.15) is 0 Å². The number of hydrogen-bond acceptors (Lipinski definition) is 2. The molecule has 2 nitrogen and oxygen atoms in total. The van der Waals surface area contributed by atoms with E-state index in [1.807, 2.05) is 0 Å². The molecule has 3 aliphatic rings. The third kappa shape index (κ3) is 1.49. The van der Waals surface area contributed by atoms with Crippen LogP contribution in [0.2, 0.25) is 0 Å². The van der Waals surface area contributed by atoms with E-state index in [-0.39, 0.29) is 5.60 Å². The summed E-state index contributed by atoms with van der Waals surface area (Å²) in [5, 5.41) is 10.6. The van der Waals surface area contributed by atoms with Crippen molar-refractivity contribution in [2.24, 2.45) is 5.92 Å². The zero-order valence-corrected chi connectivity index (χ0v) is 8.91. The molecule has 2 heteroatoms. The molecule has 1 heterocycles. The Balaban J connectivity index is 1.65. The molecule has 0 aromatic rings. The van der Waals surface area contributed by atoms with E-state index in [2.05, 4.69) is 4.90 Å². The summed E-state index contributed by atoms with van der Waals surface area (Å²) in [5.41, 5.74) is -0.306. The zero-order chi connectivity index (χ0) is 9.60. The Hall–Kier alpha value is -0.0800. The van der Waals surface area contributed by atoms with E-state index in [4.69, 9.17) is 0 Å². The Morgan fingerprint density at radius 2 is 1.79 bits per heavy atom. The van der Waals surface area contributed by atoms with E-state index >= 15 is 0 Å². The van der Waals surface area contributed by atoms with E-state index in [1.54, 1.807) is 0 Å². The van der Waals surface area contributed by atoms with E-state index < -0.39 is 0 Å². The average Bonchev–Trinajstić information content (AvgIpc) is 2.74. The Morgan fingerprint density at radius 1 is 1.07 bits per heavy atom. The topological polar surface area (TPSA) is 23.5 Å². The molecule has 3 rings (SSSR count). The van der Waals surface area contributed by atoms with Crippen LogP contribution in [0.25, 0.3) is 0 Å². The third-order valence-electron chi connectivity index (χ3n) is 4.49. The summed E-state index contributed by atoms with van der Waals surface area (Å²) in [6.45, 7) is 2.12. The van der Waals surface area contributed by atoms with Crippen molar-refractivity contribution in [2.75, 3.05) is 13.1 Å². The Bertz CT molecular complexity index is 220. The van der Waals surface area contributed by atoms with E-state index in [0.29, 0.717) is 5.92 Å². The van der Waals surface area contributed by atoms with Crippen molar-refractivity contribution in [3.63, 3.8) is 0 Å². The predicted octanol–water partition coefficient (Wildman–Crippen LogP) is 1.78. The Kier molecular flexibility index (Phi) is 2.10. The van der Waals surface area contributed by atoms with Gasteiger partial charge in [-0.25, -0.2) is 0 Å². The van der Waals surface area contributed by atoms with Gasteiger partial charge in [-0.05, 0) is 38.0 Å². The summed E-state index contributed by atoms with van der Waals surface area (Å²) in [7, 11) is 0. The van der Waals surface area contributed by atoms with Gasteiger partial charge in [0.15, 0.2) is 0 Å². The van der Waals surface area contributed by atoms with Crippen LogP contribution in [0.15, 0.2) is 0 Å². The number of β-amino-alcohol motifs (C(OH)–C–C–N with tert-alkyl or cyclic N) is 1. The quantitative estimate of drug-likeness (QED) is 0.726. The van der Waals surface area contributed by atoms with Gasteiger partial charge in [0, 0.05) is 19.1 Å². The lowest BCUT2D eigenvalue weighted by atomic mass is 9.85. The molecule has 3 fully saturated rings. The molecular weight excluding hydrogens is 174 g/mol. The first-order valence-corrected chi connectivity index (χ1v) is 6.24. The second-order valence-electron chi connectivity index (χ2n) is 5.54. The van der Waals surface area contributed by atoms with Gasteiger partial charge in [0.2, 0.25) is 0 Å². The molecule has 0 aromatic heterocycles. The highest BCUT2D eigenvalue weighted by Crippen LogP contribution is 2.42. The van der Waals surface area contributed by atoms with Crippen LogP contribution in [0.1, 0.15) is 44.9 Å². The van der Waals surface area contributed by atoms with Crippen LogP contribution in [0.3, 0.4) is 0 Å². The van der Waals surface area contributed by atoms with Crippen molar-refractivity contribution >= 4 is 0 Å². The third-order valence-corrected chi connectivity index (χ3v) is 4.49. The zero-order valence-electron chi connectivity index (χ0n) is 8.91. The molecule has 0 radical (unpaired) electrons. The lowest BCUT2D eigenvalue weighted by molar-refractivity contribution is -0.00722. The van der Waals surface area contributed by atoms with Gasteiger partial charge >= 0.3 is 0 Å². The Labute approximate surface area is 86.3 Å². The van der Waals surface area contributed by atoms with Crippen LogP contribution in [-0.2, 0) is 0 Å². The lowest BCUT2D eigenvalue weighted by Crippen LogP contribution is -2.40. The summed E-state index contributed by atoms with van der Waals surface area (Å²) in [6, 6.07) is 0.838. The monoisotopic (exact) mass is 195 g/mol. The molecule has 1 N–H and O–H groups in total. The first-order chi connectivity index (χ1) is 6.78. The molecule has 14 heavy (non-hydrogen) atoms. The fourth-order valence-corrected chi connectivity index (χ4v) is 3.39. The minimum Gasteiger partial charge on any atom is -0.388 e. The van der Waals surface area contributed by atoms with Gasteiger partial charge in [-0.2, -0.15) is 0 Å². The second kappa shape index (κ2) is 3.21. The highest BCUT2D eigenvalue weighted by atomic mass is 16.3. The van der Waals surface area contributed by atoms with Crippen molar-refractivity contribution in [3.8, 4) is 0 Å². The number of nitrogens with zero attached hydrogens (tertiary/aromatic N) is 1. The molecule has 1 aliphatic heterocycles. The molecule has 2 saturated carbocycles. The van der Waals surface area contributed by atoms with Gasteiger partial charge in [-0.1, -0.05) is 12.8 Å². The first kappa shape index (κ1) is 9.17. The van der Waals surface area contributed by atoms with Gasteiger partial charge in [-0.3, -0.25) is 4.90 Å². The highest BCUT2D eigenvalue weighted by molar-refractivity contribution is 5.00. The summed E-state index contributed by atoms with van der Waals surface area (Å²) in [5.74, 6) is 0.617. The summed E-state index contributed by atoms with van der Waals surface area (Å²) >= 11 is 0. The van der Waals surface area contributed by atoms with Gasteiger partial charge in [-0.15, -0.1) is 0 Å². The van der Waals surface area contributed by atoms with E-state index in [1.165, 1.54) is 38.5 Å². The maximum absolute atomic E-state index is 10.6. The van der Waals surface area contributed by atoms with Crippen molar-refractivity contribution in [1.82, 2.24) is 4.90 Å². The maximum atomic E-state index is 10.6. The normalized spacial score (nSPS) is 40.9. The van der Waals surface area contributed by atoms with Crippen LogP contribution in [-0.4, -0.2) is 34.7 Å². The molecule has 0 spiro atoms. The summed E-state index contributed by atoms with van der Waals surface area (Å²) in [6.07, 6.45) is 9.02. The van der Waals surface area contributed by atoms with Crippen LogP contribution >= 0.6 is 0 Å². The average molecular weight is 195 g/mol. The van der Waals surface area contributed by atoms with Crippen molar-refractivity contribution < 1.29 is 5.11 Å². The Morgan fingerprint density at radius 3 is 2.43 bits per heavy atom. The molecule has 0 aromatic carbocycles. The van der Waals surface area contributed by atoms with Crippen molar-refractivity contribution in [3.05, 3.63) is 0 Å². The van der Waals surface area contributed by atoms with Crippen LogP contribution < -0.4 is 0 Å². The molecule has 0 bridgehead atoms. The van der Waals surface area contributed by atoms with Gasteiger partial charge in [0.25, 0.3) is 0 Å². The maximum Gasteiger partial charge on any atom is 0.0814 e. The molecule has 2 aliphatic carbocycles. The summed E-state index contributed by atoms with van der Waals surface area (Å²) in [4.78, 5) is 2.53. The largest absolute Gasteiger partial charge is 0.388 e. The van der Waals surface area contributed by atoms with Gasteiger partial charge in [0.05, 0.1) is 5.60 Å². The van der Waals surface area contributed by atoms with E-state index in [9.17, 15) is 5.11 Å². The number of rotatable bonds is 2. The molecule has 80 valence electrons. The fourth-order valence-electron chi connectivity index (χ4n) is 3.39. The van der Waals surface area contributed by atoms with E-state index in [0.717, 1.165) is 25.6 Å². The molecule has 1 saturated heterocycles. The van der Waals surface area contributed by atoms with Crippen LogP contribution in [0.4, 0.5) is 0 Å². The van der Waals surface area contributed by atoms with Gasteiger partial charge < -0.3 is 5.11 Å².